The Hall–Kier alpha value is -2.74. The van der Waals surface area contributed by atoms with Crippen molar-refractivity contribution in [2.75, 3.05) is 26.9 Å². The smallest absolute Gasteiger partial charge is 0.260 e. The Labute approximate surface area is 138 Å². The molecule has 0 spiro atoms. The Bertz CT molecular complexity index is 805. The lowest BCUT2D eigenvalue weighted by molar-refractivity contribution is -0.00419. The van der Waals surface area contributed by atoms with E-state index in [0.717, 1.165) is 0 Å². The maximum absolute atomic E-state index is 13.0. The highest BCUT2D eigenvalue weighted by Gasteiger charge is 2.32. The number of carbonyl (C=O) groups is 1. The first-order chi connectivity index (χ1) is 11.6. The topological polar surface area (TPSA) is 97.4 Å². The fourth-order valence-electron chi connectivity index (χ4n) is 2.74. The number of amides is 1. The Kier molecular flexibility index (Phi) is 4.57. The SMILES string of the molecule is COc1ncccc1C(=O)N1CCOCC1c1cc(=O)[nH]c(C)n1. The maximum Gasteiger partial charge on any atom is 0.260 e. The van der Waals surface area contributed by atoms with Crippen LogP contribution >= 0.6 is 0 Å². The molecule has 0 radical (unpaired) electrons. The molecule has 2 aromatic rings. The number of nitrogens with one attached hydrogen (secondary N) is 1. The zero-order valence-corrected chi connectivity index (χ0v) is 13.5. The largest absolute Gasteiger partial charge is 0.480 e. The Morgan fingerprint density at radius 1 is 1.50 bits per heavy atom. The molecule has 8 nitrogen and oxygen atoms in total. The molecule has 3 heterocycles. The highest BCUT2D eigenvalue weighted by molar-refractivity contribution is 5.96. The number of aromatic nitrogens is 3. The molecular weight excluding hydrogens is 312 g/mol. The van der Waals surface area contributed by atoms with Crippen molar-refractivity contribution < 1.29 is 14.3 Å². The van der Waals surface area contributed by atoms with E-state index in [9.17, 15) is 9.59 Å². The number of morpholine rings is 1. The second-order valence-corrected chi connectivity index (χ2v) is 5.41. The molecule has 126 valence electrons. The van der Waals surface area contributed by atoms with E-state index in [2.05, 4.69) is 15.0 Å². The summed E-state index contributed by atoms with van der Waals surface area (Å²) in [6, 6.07) is 4.31. The summed E-state index contributed by atoms with van der Waals surface area (Å²) in [5.74, 6) is 0.533. The third-order valence-electron chi connectivity index (χ3n) is 3.81. The van der Waals surface area contributed by atoms with E-state index in [1.807, 2.05) is 0 Å². The van der Waals surface area contributed by atoms with Crippen LogP contribution in [0.15, 0.2) is 29.2 Å². The number of H-pyrrole nitrogens is 1. The molecule has 3 rings (SSSR count). The third-order valence-corrected chi connectivity index (χ3v) is 3.81. The number of pyridine rings is 1. The lowest BCUT2D eigenvalue weighted by Crippen LogP contribution is -2.44. The summed E-state index contributed by atoms with van der Waals surface area (Å²) in [5, 5.41) is 0. The van der Waals surface area contributed by atoms with Crippen molar-refractivity contribution in [2.45, 2.75) is 13.0 Å². The van der Waals surface area contributed by atoms with Crippen LogP contribution in [-0.2, 0) is 4.74 Å². The van der Waals surface area contributed by atoms with Crippen LogP contribution in [0.3, 0.4) is 0 Å². The van der Waals surface area contributed by atoms with Crippen LogP contribution in [0.5, 0.6) is 5.88 Å². The van der Waals surface area contributed by atoms with Gasteiger partial charge >= 0.3 is 0 Å². The molecule has 1 fully saturated rings. The number of methoxy groups -OCH3 is 1. The Balaban J connectivity index is 1.97. The van der Waals surface area contributed by atoms with Gasteiger partial charge in [-0.2, -0.15) is 0 Å². The molecule has 2 aromatic heterocycles. The molecule has 1 aliphatic rings. The van der Waals surface area contributed by atoms with Crippen LogP contribution in [0, 0.1) is 6.92 Å². The Morgan fingerprint density at radius 2 is 2.33 bits per heavy atom. The lowest BCUT2D eigenvalue weighted by atomic mass is 10.1. The normalized spacial score (nSPS) is 17.6. The number of aromatic amines is 1. The van der Waals surface area contributed by atoms with Crippen molar-refractivity contribution in [3.8, 4) is 5.88 Å². The van der Waals surface area contributed by atoms with Crippen molar-refractivity contribution in [1.82, 2.24) is 19.9 Å². The number of aryl methyl sites for hydroxylation is 1. The van der Waals surface area contributed by atoms with Gasteiger partial charge in [0.2, 0.25) is 5.88 Å². The zero-order chi connectivity index (χ0) is 17.1. The van der Waals surface area contributed by atoms with Gasteiger partial charge in [-0.1, -0.05) is 0 Å². The minimum atomic E-state index is -0.433. The quantitative estimate of drug-likeness (QED) is 0.889. The highest BCUT2D eigenvalue weighted by Crippen LogP contribution is 2.26. The van der Waals surface area contributed by atoms with Crippen molar-refractivity contribution in [3.05, 3.63) is 51.8 Å². The number of nitrogens with zero attached hydrogens (tertiary/aromatic N) is 3. The van der Waals surface area contributed by atoms with Gasteiger partial charge in [-0.25, -0.2) is 9.97 Å². The molecular formula is C16H18N4O4. The Morgan fingerprint density at radius 3 is 3.08 bits per heavy atom. The number of ether oxygens (including phenoxy) is 2. The molecule has 0 aliphatic carbocycles. The van der Waals surface area contributed by atoms with Gasteiger partial charge in [0.1, 0.15) is 11.4 Å². The number of rotatable bonds is 3. The summed E-state index contributed by atoms with van der Waals surface area (Å²) < 4.78 is 10.7. The molecule has 1 atom stereocenters. The van der Waals surface area contributed by atoms with Crippen LogP contribution in [0.4, 0.5) is 0 Å². The van der Waals surface area contributed by atoms with Gasteiger partial charge in [0, 0.05) is 18.8 Å². The predicted molar refractivity (Wildman–Crippen MR) is 85.0 cm³/mol. The van der Waals surface area contributed by atoms with E-state index in [0.29, 0.717) is 30.2 Å². The van der Waals surface area contributed by atoms with Crippen LogP contribution in [0.1, 0.15) is 27.9 Å². The number of hydrogen-bond acceptors (Lipinski definition) is 6. The standard InChI is InChI=1S/C16H18N4O4/c1-10-18-12(8-14(21)19-10)13-9-24-7-6-20(13)16(22)11-4-3-5-17-15(11)23-2/h3-5,8,13H,6-7,9H2,1-2H3,(H,18,19,21). The fourth-order valence-corrected chi connectivity index (χ4v) is 2.74. The third kappa shape index (κ3) is 3.13. The zero-order valence-electron chi connectivity index (χ0n) is 13.5. The predicted octanol–water partition coefficient (Wildman–Crippen LogP) is 0.696. The van der Waals surface area contributed by atoms with E-state index in [1.54, 1.807) is 30.2 Å². The average Bonchev–Trinajstić information content (AvgIpc) is 2.60. The molecule has 0 bridgehead atoms. The highest BCUT2D eigenvalue weighted by atomic mass is 16.5. The number of hydrogen-bond donors (Lipinski definition) is 1. The summed E-state index contributed by atoms with van der Waals surface area (Å²) in [4.78, 5) is 37.4. The van der Waals surface area contributed by atoms with E-state index in [1.165, 1.54) is 13.2 Å². The van der Waals surface area contributed by atoms with E-state index < -0.39 is 6.04 Å². The first kappa shape index (κ1) is 16.1. The number of carbonyl (C=O) groups excluding carboxylic acids is 1. The van der Waals surface area contributed by atoms with Gasteiger partial charge in [-0.3, -0.25) is 9.59 Å². The van der Waals surface area contributed by atoms with Gasteiger partial charge < -0.3 is 19.4 Å². The van der Waals surface area contributed by atoms with E-state index >= 15 is 0 Å². The van der Waals surface area contributed by atoms with Crippen molar-refractivity contribution in [1.29, 1.82) is 0 Å². The van der Waals surface area contributed by atoms with Crippen LogP contribution in [0.25, 0.3) is 0 Å². The molecule has 0 saturated carbocycles. The van der Waals surface area contributed by atoms with Crippen molar-refractivity contribution in [2.24, 2.45) is 0 Å². The van der Waals surface area contributed by atoms with Gasteiger partial charge in [0.15, 0.2) is 0 Å². The average molecular weight is 330 g/mol. The van der Waals surface area contributed by atoms with Crippen LogP contribution in [-0.4, -0.2) is 52.6 Å². The van der Waals surface area contributed by atoms with Gasteiger partial charge in [-0.15, -0.1) is 0 Å². The molecule has 0 aromatic carbocycles. The summed E-state index contributed by atoms with van der Waals surface area (Å²) in [7, 11) is 1.47. The molecule has 1 unspecified atom stereocenters. The van der Waals surface area contributed by atoms with Crippen molar-refractivity contribution in [3.63, 3.8) is 0 Å². The molecule has 24 heavy (non-hydrogen) atoms. The molecule has 1 amide bonds. The molecule has 1 aliphatic heterocycles. The summed E-state index contributed by atoms with van der Waals surface area (Å²) in [5.41, 5.74) is 0.620. The summed E-state index contributed by atoms with van der Waals surface area (Å²) in [6.07, 6.45) is 1.56. The second-order valence-electron chi connectivity index (χ2n) is 5.41. The minimum Gasteiger partial charge on any atom is -0.480 e. The fraction of sp³-hybridized carbons (Fsp3) is 0.375. The lowest BCUT2D eigenvalue weighted by Gasteiger charge is -2.35. The van der Waals surface area contributed by atoms with Crippen LogP contribution < -0.4 is 10.3 Å². The summed E-state index contributed by atoms with van der Waals surface area (Å²) in [6.45, 7) is 2.80. The van der Waals surface area contributed by atoms with E-state index in [-0.39, 0.29) is 24.0 Å². The van der Waals surface area contributed by atoms with Gasteiger partial charge in [0.25, 0.3) is 11.5 Å². The molecule has 1 saturated heterocycles. The molecule has 8 heteroatoms. The minimum absolute atomic E-state index is 0.229. The van der Waals surface area contributed by atoms with Gasteiger partial charge in [0.05, 0.1) is 32.1 Å². The van der Waals surface area contributed by atoms with Crippen LogP contribution in [0.2, 0.25) is 0 Å². The second kappa shape index (κ2) is 6.79. The first-order valence-electron chi connectivity index (χ1n) is 7.55. The van der Waals surface area contributed by atoms with E-state index in [4.69, 9.17) is 9.47 Å². The maximum atomic E-state index is 13.0. The molecule has 1 N–H and O–H groups in total. The first-order valence-corrected chi connectivity index (χ1v) is 7.55. The monoisotopic (exact) mass is 330 g/mol. The van der Waals surface area contributed by atoms with Gasteiger partial charge in [-0.05, 0) is 19.1 Å². The van der Waals surface area contributed by atoms with Crippen molar-refractivity contribution >= 4 is 5.91 Å². The summed E-state index contributed by atoms with van der Waals surface area (Å²) >= 11 is 0.